The van der Waals surface area contributed by atoms with Crippen LogP contribution in [0, 0.1) is 17.8 Å². The zero-order valence-electron chi connectivity index (χ0n) is 74.9. The summed E-state index contributed by atoms with van der Waals surface area (Å²) >= 11 is 0. The van der Waals surface area contributed by atoms with Crippen LogP contribution in [0.15, 0.2) is 190 Å². The average Bonchev–Trinajstić information content (AvgIpc) is 0.795. The molecule has 0 saturated heterocycles. The average molecular weight is 2030 g/mol. The van der Waals surface area contributed by atoms with Gasteiger partial charge in [0.15, 0.2) is 0 Å². The van der Waals surface area contributed by atoms with E-state index in [0.717, 1.165) is 0 Å². The van der Waals surface area contributed by atoms with Crippen LogP contribution < -0.4 is 46.8 Å². The number of hydrogen-bond donors (Lipinski definition) is 15. The molecule has 3 heterocycles. The number of fused-ring (bicyclic) bond motifs is 3. The van der Waals surface area contributed by atoms with Gasteiger partial charge in [0, 0.05) is 144 Å². The normalized spacial score (nSPS) is 11.2. The molecule has 0 atom stereocenters. The second-order valence-electron chi connectivity index (χ2n) is 31.1. The summed E-state index contributed by atoms with van der Waals surface area (Å²) in [5, 5.41) is 99.3. The van der Waals surface area contributed by atoms with Crippen molar-refractivity contribution in [3.63, 3.8) is 0 Å². The Morgan fingerprint density at radius 3 is 0.757 bits per heavy atom. The van der Waals surface area contributed by atoms with Gasteiger partial charge in [0.25, 0.3) is 16.7 Å². The van der Waals surface area contributed by atoms with E-state index in [1.54, 1.807) is 57.2 Å². The van der Waals surface area contributed by atoms with Gasteiger partial charge in [0.05, 0.1) is 86.5 Å². The maximum Gasteiger partial charge on any atom is 2.00 e. The second-order valence-corrected chi connectivity index (χ2v) is 31.1. The topological polar surface area (TPSA) is 560 Å². The predicted molar refractivity (Wildman–Crippen MR) is 501 cm³/mol. The molecule has 3 amide bonds. The van der Waals surface area contributed by atoms with Crippen LogP contribution in [-0.2, 0) is 117 Å². The number of nitrogens with zero attached hydrogens (tertiary/aromatic N) is 9. The molecule has 136 heavy (non-hydrogen) atoms. The smallest absolute Gasteiger partial charge is 0.508 e. The van der Waals surface area contributed by atoms with Gasteiger partial charge >= 0.3 is 52.6 Å². The molecule has 36 nitrogen and oxygen atoms in total. The van der Waals surface area contributed by atoms with Gasteiger partial charge in [-0.05, 0) is 203 Å². The minimum absolute atomic E-state index is 0. The first-order valence-corrected chi connectivity index (χ1v) is 42.0. The van der Waals surface area contributed by atoms with E-state index in [1.807, 2.05) is 41.5 Å². The number of ether oxygens (including phenoxy) is 3. The Hall–Kier alpha value is -14.5. The first kappa shape index (κ1) is 110. The van der Waals surface area contributed by atoms with Crippen molar-refractivity contribution in [3.05, 3.63) is 227 Å². The summed E-state index contributed by atoms with van der Waals surface area (Å²) in [4.78, 5) is 159. The summed E-state index contributed by atoms with van der Waals surface area (Å²) in [5.74, 6) is -2.43. The molecule has 0 aliphatic rings. The van der Waals surface area contributed by atoms with E-state index in [9.17, 15) is 89.1 Å². The third kappa shape index (κ3) is 33.0. The SMILES string of the molecule is CCNC(=O)CCC(=O)Oc1ccc(O)c(C=Nc2cc3[nH]c(=O)c(CC(C)C)nc3cc2N=Cc2cc(O)ccc2O)c1.CCNC(=O)CCC(=O)Oc1ccc(O)c(C=Nc2cc3[nH]c(=O)c(CC(C)C)nc3cc2N=Cc2cc(O)ccc2O)c1.CCNC(=O)CCC(=O)Oc1ccc(O)c(C=Nc2cc3nc(CC(C)C)c(=O)[nH]c3cc2N=Cc2cc(O)ccc2O)c1.[Cr+2].[Cr+2].[Cu].[Cu]. The number of phenolic OH excluding ortho intramolecular Hbond substituents is 9. The molecule has 12 aromatic rings. The molecule has 0 fully saturated rings. The van der Waals surface area contributed by atoms with Crippen LogP contribution in [0.2, 0.25) is 0 Å². The molecule has 3 aromatic heterocycles. The van der Waals surface area contributed by atoms with E-state index in [1.165, 1.54) is 146 Å². The number of aliphatic imine (C=N–C) groups is 6. The number of aromatic amines is 3. The van der Waals surface area contributed by atoms with Crippen molar-refractivity contribution in [1.82, 2.24) is 45.9 Å². The molecule has 0 unspecified atom stereocenters. The van der Waals surface area contributed by atoms with Gasteiger partial charge in [-0.15, -0.1) is 0 Å². The van der Waals surface area contributed by atoms with E-state index in [4.69, 9.17) is 14.2 Å². The van der Waals surface area contributed by atoms with Crippen LogP contribution >= 0.6 is 0 Å². The Labute approximate surface area is 821 Å². The molecule has 12 rings (SSSR count). The van der Waals surface area contributed by atoms with Crippen LogP contribution in [0.5, 0.6) is 69.0 Å². The van der Waals surface area contributed by atoms with Crippen molar-refractivity contribution in [2.75, 3.05) is 19.6 Å². The van der Waals surface area contributed by atoms with Gasteiger partial charge < -0.3 is 91.1 Å². The quantitative estimate of drug-likeness (QED) is 0.00597. The number of hydrogen-bond acceptors (Lipinski definition) is 30. The Bertz CT molecular complexity index is 6460. The van der Waals surface area contributed by atoms with E-state index in [-0.39, 0.29) is 279 Å². The number of carbonyl (C=O) groups excluding carboxylic acids is 6. The minimum Gasteiger partial charge on any atom is -0.508 e. The number of benzene rings is 9. The number of aromatic hydroxyl groups is 9. The summed E-state index contributed by atoms with van der Waals surface area (Å²) in [6, 6.07) is 34.2. The van der Waals surface area contributed by atoms with Gasteiger partial charge in [-0.1, -0.05) is 41.5 Å². The van der Waals surface area contributed by atoms with Crippen LogP contribution in [0.3, 0.4) is 0 Å². The Morgan fingerprint density at radius 1 is 0.324 bits per heavy atom. The molecule has 0 spiro atoms. The zero-order chi connectivity index (χ0) is 95.4. The summed E-state index contributed by atoms with van der Waals surface area (Å²) in [5.41, 5.74) is 6.07. The number of phenols is 9. The van der Waals surface area contributed by atoms with Crippen LogP contribution in [0.4, 0.5) is 34.1 Å². The third-order valence-electron chi connectivity index (χ3n) is 19.0. The van der Waals surface area contributed by atoms with E-state index < -0.39 is 17.9 Å². The fourth-order valence-electron chi connectivity index (χ4n) is 12.6. The first-order chi connectivity index (χ1) is 63.0. The maximum absolute atomic E-state index is 12.7. The van der Waals surface area contributed by atoms with Crippen molar-refractivity contribution in [1.29, 1.82) is 0 Å². The molecule has 40 heteroatoms. The van der Waals surface area contributed by atoms with E-state index in [2.05, 4.69) is 75.8 Å². The molecule has 2 radical (unpaired) electrons. The summed E-state index contributed by atoms with van der Waals surface area (Å²) in [6.45, 7) is 18.6. The Balaban J connectivity index is 0.000000309. The number of nitrogens with one attached hydrogen (secondary N) is 6. The predicted octanol–water partition coefficient (Wildman–Crippen LogP) is 13.7. The number of amides is 3. The van der Waals surface area contributed by atoms with E-state index >= 15 is 0 Å². The van der Waals surface area contributed by atoms with Gasteiger partial charge in [-0.2, -0.15) is 0 Å². The zero-order valence-corrected chi connectivity index (χ0v) is 79.3. The third-order valence-corrected chi connectivity index (χ3v) is 19.0. The molecule has 0 saturated carbocycles. The fraction of sp³-hybridized carbons (Fsp3) is 0.250. The summed E-state index contributed by atoms with van der Waals surface area (Å²) < 4.78 is 16.0. The van der Waals surface area contributed by atoms with Crippen molar-refractivity contribution >= 4 is 140 Å². The van der Waals surface area contributed by atoms with Gasteiger partial charge in [0.2, 0.25) is 17.7 Å². The monoisotopic (exact) mass is 2030 g/mol. The number of rotatable bonds is 33. The standard InChI is InChI=1S/3C32H33N5O7.2Cr.2Cu/c1-4-33-30(41)9-10-31(42)44-22-6-8-29(40)20(13-22)17-35-23-14-25-26(37-32(43)27(36-25)11-18(2)3)15-24(23)34-16-19-12-21(38)5-7-28(19)39;2*1-4-33-30(41)9-10-31(42)44-22-6-8-29(40)20(13-22)17-35-24-15-26-25(36-27(11-18(2)3)32(43)37-26)14-23(24)34-16-19-12-21(38)5-7-28(19)39;;;;/h3*5-8,12-18,38-40H,4,9-11H2,1-3H3,(H,33,41)(H,37,43);;;;/q;;;2*+2;;. The van der Waals surface area contributed by atoms with Crippen molar-refractivity contribution < 1.29 is 158 Å². The van der Waals surface area contributed by atoms with E-state index in [0.29, 0.717) is 106 Å². The molecule has 15 N–H and O–H groups in total. The van der Waals surface area contributed by atoms with Crippen molar-refractivity contribution in [2.45, 2.75) is 120 Å². The molecule has 0 bridgehead atoms. The summed E-state index contributed by atoms with van der Waals surface area (Å²) in [6.07, 6.45) is 9.13. The fourth-order valence-corrected chi connectivity index (χ4v) is 12.6. The van der Waals surface area contributed by atoms with Gasteiger partial charge in [0.1, 0.15) is 86.1 Å². The number of esters is 3. The van der Waals surface area contributed by atoms with Crippen molar-refractivity contribution in [3.8, 4) is 69.0 Å². The Kier molecular flexibility index (Phi) is 42.9. The maximum atomic E-state index is 12.7. The molecule has 9 aromatic carbocycles. The summed E-state index contributed by atoms with van der Waals surface area (Å²) in [7, 11) is 0. The van der Waals surface area contributed by atoms with Crippen LogP contribution in [0.25, 0.3) is 33.1 Å². The van der Waals surface area contributed by atoms with Gasteiger partial charge in [-0.3, -0.25) is 73.1 Å². The molecule has 0 aliphatic carbocycles. The molecule has 0 aliphatic heterocycles. The van der Waals surface area contributed by atoms with Crippen LogP contribution in [0.1, 0.15) is 151 Å². The molecule has 714 valence electrons. The largest absolute Gasteiger partial charge is 2.00 e. The molecular formula is C96H99Cr2Cu2N15O21+4. The number of H-pyrrole nitrogens is 3. The number of carbonyl (C=O) groups is 6. The van der Waals surface area contributed by atoms with Gasteiger partial charge in [-0.25, -0.2) is 15.0 Å². The first-order valence-electron chi connectivity index (χ1n) is 42.0. The Morgan fingerprint density at radius 2 is 0.537 bits per heavy atom. The van der Waals surface area contributed by atoms with Crippen molar-refractivity contribution in [2.24, 2.45) is 47.7 Å². The molecular weight excluding hydrogens is 1930 g/mol. The van der Waals surface area contributed by atoms with Crippen LogP contribution in [-0.4, -0.2) is 168 Å². The number of aromatic nitrogens is 6. The second kappa shape index (κ2) is 52.8. The minimum atomic E-state index is -0.612.